The first-order valence-electron chi connectivity index (χ1n) is 8.63. The van der Waals surface area contributed by atoms with Crippen LogP contribution in [0.1, 0.15) is 12.0 Å². The lowest BCUT2D eigenvalue weighted by atomic mass is 10.1. The fourth-order valence-corrected chi connectivity index (χ4v) is 3.72. The molecule has 26 heavy (non-hydrogen) atoms. The van der Waals surface area contributed by atoms with Crippen LogP contribution in [0.4, 0.5) is 10.1 Å². The maximum Gasteiger partial charge on any atom is 0.255 e. The minimum atomic E-state index is -0.328. The molecular formula is C20H19ClFN3O. The van der Waals surface area contributed by atoms with Crippen molar-refractivity contribution < 1.29 is 4.39 Å². The monoisotopic (exact) mass is 371 g/mol. The first kappa shape index (κ1) is 17.1. The molecule has 0 unspecified atom stereocenters. The molecule has 1 aromatic heterocycles. The summed E-state index contributed by atoms with van der Waals surface area (Å²) in [7, 11) is 0. The smallest absolute Gasteiger partial charge is 0.255 e. The van der Waals surface area contributed by atoms with Gasteiger partial charge in [-0.2, -0.15) is 0 Å². The van der Waals surface area contributed by atoms with Crippen molar-refractivity contribution in [2.45, 2.75) is 19.0 Å². The van der Waals surface area contributed by atoms with Crippen LogP contribution < -0.4 is 10.9 Å². The number of aromatic amines is 1. The number of nitrogens with one attached hydrogen (secondary N) is 2. The van der Waals surface area contributed by atoms with E-state index < -0.39 is 0 Å². The molecule has 0 aliphatic carbocycles. The lowest BCUT2D eigenvalue weighted by molar-refractivity contribution is 0.323. The molecule has 0 saturated carbocycles. The summed E-state index contributed by atoms with van der Waals surface area (Å²) >= 11 is 5.86. The maximum atomic E-state index is 14.1. The number of pyridine rings is 1. The van der Waals surface area contributed by atoms with Crippen molar-refractivity contribution in [3.63, 3.8) is 0 Å². The Kier molecular flexibility index (Phi) is 4.66. The van der Waals surface area contributed by atoms with E-state index in [1.165, 1.54) is 0 Å². The molecule has 4 nitrogen and oxygen atoms in total. The van der Waals surface area contributed by atoms with E-state index in [0.717, 1.165) is 30.6 Å². The Morgan fingerprint density at radius 2 is 2.15 bits per heavy atom. The second-order valence-corrected chi connectivity index (χ2v) is 7.09. The normalized spacial score (nSPS) is 17.7. The Morgan fingerprint density at radius 1 is 1.27 bits per heavy atom. The molecule has 2 N–H and O–H groups in total. The lowest BCUT2D eigenvalue weighted by Crippen LogP contribution is -2.26. The minimum absolute atomic E-state index is 0.0790. The number of hydrogen-bond donors (Lipinski definition) is 2. The van der Waals surface area contributed by atoms with Crippen LogP contribution >= 0.6 is 11.6 Å². The van der Waals surface area contributed by atoms with E-state index in [1.807, 2.05) is 24.3 Å². The molecule has 2 heterocycles. The van der Waals surface area contributed by atoms with Gasteiger partial charge in [0.1, 0.15) is 5.82 Å². The van der Waals surface area contributed by atoms with E-state index in [-0.39, 0.29) is 22.4 Å². The van der Waals surface area contributed by atoms with E-state index in [2.05, 4.69) is 15.2 Å². The van der Waals surface area contributed by atoms with Gasteiger partial charge in [-0.25, -0.2) is 4.39 Å². The van der Waals surface area contributed by atoms with Crippen molar-refractivity contribution in [1.82, 2.24) is 9.88 Å². The fraction of sp³-hybridized carbons (Fsp3) is 0.250. The average Bonchev–Trinajstić information content (AvgIpc) is 3.06. The molecule has 1 fully saturated rings. The van der Waals surface area contributed by atoms with Crippen LogP contribution in [0.3, 0.4) is 0 Å². The number of likely N-dealkylation sites (tertiary alicyclic amines) is 1. The lowest BCUT2D eigenvalue weighted by Gasteiger charge is -2.18. The number of rotatable bonds is 4. The Labute approximate surface area is 155 Å². The van der Waals surface area contributed by atoms with Crippen LogP contribution in [0.15, 0.2) is 53.5 Å². The summed E-state index contributed by atoms with van der Waals surface area (Å²) in [5.74, 6) is -0.328. The van der Waals surface area contributed by atoms with Crippen molar-refractivity contribution in [2.24, 2.45) is 0 Å². The van der Waals surface area contributed by atoms with Gasteiger partial charge in [0.25, 0.3) is 5.56 Å². The summed E-state index contributed by atoms with van der Waals surface area (Å²) in [6, 6.07) is 13.1. The van der Waals surface area contributed by atoms with Crippen molar-refractivity contribution in [3.8, 4) is 0 Å². The van der Waals surface area contributed by atoms with Gasteiger partial charge in [0.15, 0.2) is 0 Å². The minimum Gasteiger partial charge on any atom is -0.381 e. The molecule has 6 heteroatoms. The quantitative estimate of drug-likeness (QED) is 0.728. The molecule has 1 aliphatic rings. The van der Waals surface area contributed by atoms with Crippen LogP contribution in [0, 0.1) is 5.82 Å². The van der Waals surface area contributed by atoms with E-state index in [0.29, 0.717) is 17.5 Å². The Balaban J connectivity index is 1.43. The zero-order valence-corrected chi connectivity index (χ0v) is 14.9. The van der Waals surface area contributed by atoms with Crippen LogP contribution in [0.25, 0.3) is 10.8 Å². The van der Waals surface area contributed by atoms with Gasteiger partial charge in [0, 0.05) is 48.5 Å². The standard InChI is InChI=1S/C20H19ClFN3O/c21-18-3-1-2-14(19(18)22)11-25-9-7-16(12-25)24-15-4-5-17-13(10-15)6-8-23-20(17)26/h1-6,8,10,16,24H,7,9,11-12H2,(H,23,26)/t16-/m0/s1. The van der Waals surface area contributed by atoms with E-state index in [4.69, 9.17) is 11.6 Å². The van der Waals surface area contributed by atoms with Gasteiger partial charge in [0.05, 0.1) is 5.02 Å². The van der Waals surface area contributed by atoms with Gasteiger partial charge in [-0.3, -0.25) is 9.69 Å². The molecule has 1 aliphatic heterocycles. The zero-order chi connectivity index (χ0) is 18.1. The van der Waals surface area contributed by atoms with Crippen molar-refractivity contribution in [2.75, 3.05) is 18.4 Å². The van der Waals surface area contributed by atoms with Crippen molar-refractivity contribution >= 4 is 28.1 Å². The molecule has 2 aromatic carbocycles. The van der Waals surface area contributed by atoms with Gasteiger partial charge in [0.2, 0.25) is 0 Å². The molecule has 4 rings (SSSR count). The molecule has 3 aromatic rings. The third-order valence-electron chi connectivity index (χ3n) is 4.84. The Hall–Kier alpha value is -2.37. The highest BCUT2D eigenvalue weighted by molar-refractivity contribution is 6.30. The van der Waals surface area contributed by atoms with Crippen LogP contribution in [0.2, 0.25) is 5.02 Å². The summed E-state index contributed by atoms with van der Waals surface area (Å²) < 4.78 is 14.1. The number of benzene rings is 2. The summed E-state index contributed by atoms with van der Waals surface area (Å²) in [6.45, 7) is 2.29. The van der Waals surface area contributed by atoms with Crippen molar-refractivity contribution in [3.05, 3.63) is 75.4 Å². The predicted molar refractivity (Wildman–Crippen MR) is 103 cm³/mol. The van der Waals surface area contributed by atoms with Crippen LogP contribution in [-0.2, 0) is 6.54 Å². The van der Waals surface area contributed by atoms with E-state index in [1.54, 1.807) is 24.4 Å². The SMILES string of the molecule is O=c1[nH]ccc2cc(N[C@H]3CCN(Cc4cccc(Cl)c4F)C3)ccc12. The molecule has 1 atom stereocenters. The number of nitrogens with zero attached hydrogens (tertiary/aromatic N) is 1. The van der Waals surface area contributed by atoms with Gasteiger partial charge >= 0.3 is 0 Å². The molecule has 0 spiro atoms. The number of hydrogen-bond acceptors (Lipinski definition) is 3. The largest absolute Gasteiger partial charge is 0.381 e. The molecule has 0 bridgehead atoms. The number of anilines is 1. The highest BCUT2D eigenvalue weighted by Gasteiger charge is 2.23. The van der Waals surface area contributed by atoms with Gasteiger partial charge < -0.3 is 10.3 Å². The third kappa shape index (κ3) is 3.45. The Morgan fingerprint density at radius 3 is 3.04 bits per heavy atom. The highest BCUT2D eigenvalue weighted by Crippen LogP contribution is 2.23. The summed E-state index contributed by atoms with van der Waals surface area (Å²) in [6.07, 6.45) is 2.64. The summed E-state index contributed by atoms with van der Waals surface area (Å²) in [5, 5.41) is 5.28. The predicted octanol–water partition coefficient (Wildman–Crippen LogP) is 4.01. The number of fused-ring (bicyclic) bond motifs is 1. The molecule has 0 radical (unpaired) electrons. The Bertz CT molecular complexity index is 1000. The first-order valence-corrected chi connectivity index (χ1v) is 9.01. The van der Waals surface area contributed by atoms with Gasteiger partial charge in [-0.1, -0.05) is 23.7 Å². The summed E-state index contributed by atoms with van der Waals surface area (Å²) in [4.78, 5) is 16.7. The highest BCUT2D eigenvalue weighted by atomic mass is 35.5. The fourth-order valence-electron chi connectivity index (χ4n) is 3.52. The maximum absolute atomic E-state index is 14.1. The molecule has 1 saturated heterocycles. The topological polar surface area (TPSA) is 48.1 Å². The van der Waals surface area contributed by atoms with Crippen molar-refractivity contribution in [1.29, 1.82) is 0 Å². The second-order valence-electron chi connectivity index (χ2n) is 6.69. The molecule has 134 valence electrons. The van der Waals surface area contributed by atoms with E-state index >= 15 is 0 Å². The van der Waals surface area contributed by atoms with Crippen LogP contribution in [0.5, 0.6) is 0 Å². The number of aromatic nitrogens is 1. The average molecular weight is 372 g/mol. The first-order chi connectivity index (χ1) is 12.6. The third-order valence-corrected chi connectivity index (χ3v) is 5.13. The van der Waals surface area contributed by atoms with Crippen LogP contribution in [-0.4, -0.2) is 29.0 Å². The second kappa shape index (κ2) is 7.09. The summed E-state index contributed by atoms with van der Waals surface area (Å²) in [5.41, 5.74) is 1.54. The zero-order valence-electron chi connectivity index (χ0n) is 14.1. The molecular weight excluding hydrogens is 353 g/mol. The van der Waals surface area contributed by atoms with Gasteiger partial charge in [-0.15, -0.1) is 0 Å². The molecule has 0 amide bonds. The van der Waals surface area contributed by atoms with Gasteiger partial charge in [-0.05, 0) is 42.1 Å². The number of halogens is 2. The number of H-pyrrole nitrogens is 1. The van der Waals surface area contributed by atoms with E-state index in [9.17, 15) is 9.18 Å².